The number of aryl methyl sites for hydroxylation is 2. The maximum atomic E-state index is 3.83. The van der Waals surface area contributed by atoms with Crippen molar-refractivity contribution in [2.45, 2.75) is 30.5 Å². The molecule has 0 N–H and O–H groups in total. The summed E-state index contributed by atoms with van der Waals surface area (Å²) in [5.74, 6) is 1.27. The van der Waals surface area contributed by atoms with Crippen molar-refractivity contribution in [1.82, 2.24) is 0 Å². The highest BCUT2D eigenvalue weighted by Crippen LogP contribution is 2.59. The van der Waals surface area contributed by atoms with E-state index < -0.39 is 0 Å². The van der Waals surface area contributed by atoms with Crippen LogP contribution in [0.25, 0.3) is 0 Å². The van der Waals surface area contributed by atoms with Gasteiger partial charge in [-0.2, -0.15) is 0 Å². The summed E-state index contributed by atoms with van der Waals surface area (Å²) in [5, 5.41) is 0. The Hall–Kier alpha value is -1.08. The first-order valence-corrected chi connectivity index (χ1v) is 7.35. The lowest BCUT2D eigenvalue weighted by molar-refractivity contribution is 1.02. The second-order valence-electron chi connectivity index (χ2n) is 5.32. The van der Waals surface area contributed by atoms with Crippen LogP contribution in [-0.4, -0.2) is 4.83 Å². The van der Waals surface area contributed by atoms with Gasteiger partial charge in [-0.1, -0.05) is 75.6 Å². The van der Waals surface area contributed by atoms with E-state index in [2.05, 4.69) is 78.3 Å². The molecule has 0 amide bonds. The van der Waals surface area contributed by atoms with Crippen molar-refractivity contribution >= 4 is 15.9 Å². The molecule has 0 bridgehead atoms. The summed E-state index contributed by atoms with van der Waals surface area (Å²) >= 11 is 3.83. The average Bonchev–Trinajstić information content (AvgIpc) is 3.03. The Balaban J connectivity index is 1.84. The van der Waals surface area contributed by atoms with Gasteiger partial charge in [0, 0.05) is 16.7 Å². The van der Waals surface area contributed by atoms with Crippen molar-refractivity contribution in [2.24, 2.45) is 0 Å². The van der Waals surface area contributed by atoms with Gasteiger partial charge in [0.1, 0.15) is 0 Å². The van der Waals surface area contributed by atoms with Crippen molar-refractivity contribution in [3.8, 4) is 0 Å². The van der Waals surface area contributed by atoms with Gasteiger partial charge in [0.25, 0.3) is 0 Å². The molecule has 0 unspecified atom stereocenters. The maximum Gasteiger partial charge on any atom is 0.0295 e. The maximum absolute atomic E-state index is 3.83. The van der Waals surface area contributed by atoms with Crippen molar-refractivity contribution in [2.75, 3.05) is 0 Å². The number of hydrogen-bond donors (Lipinski definition) is 0. The van der Waals surface area contributed by atoms with Crippen LogP contribution in [0.2, 0.25) is 0 Å². The van der Waals surface area contributed by atoms with Crippen LogP contribution < -0.4 is 0 Å². The minimum atomic E-state index is 0.586. The lowest BCUT2D eigenvalue weighted by Crippen LogP contribution is -1.85. The van der Waals surface area contributed by atoms with E-state index in [9.17, 15) is 0 Å². The van der Waals surface area contributed by atoms with Crippen molar-refractivity contribution in [3.63, 3.8) is 0 Å². The lowest BCUT2D eigenvalue weighted by Gasteiger charge is -2.02. The molecule has 3 rings (SSSR count). The van der Waals surface area contributed by atoms with Gasteiger partial charge < -0.3 is 0 Å². The summed E-state index contributed by atoms with van der Waals surface area (Å²) in [6, 6.07) is 17.9. The van der Waals surface area contributed by atoms with Crippen LogP contribution in [0.5, 0.6) is 0 Å². The zero-order valence-corrected chi connectivity index (χ0v) is 12.3. The van der Waals surface area contributed by atoms with E-state index in [1.165, 1.54) is 22.3 Å². The second-order valence-corrected chi connectivity index (χ2v) is 6.37. The van der Waals surface area contributed by atoms with Crippen LogP contribution >= 0.6 is 15.9 Å². The zero-order valence-electron chi connectivity index (χ0n) is 10.7. The van der Waals surface area contributed by atoms with Gasteiger partial charge in [0.15, 0.2) is 0 Å². The number of benzene rings is 2. The molecule has 0 heterocycles. The van der Waals surface area contributed by atoms with Crippen LogP contribution in [0.1, 0.15) is 34.1 Å². The second kappa shape index (κ2) is 4.55. The van der Waals surface area contributed by atoms with Crippen molar-refractivity contribution in [1.29, 1.82) is 0 Å². The molecule has 0 radical (unpaired) electrons. The highest BCUT2D eigenvalue weighted by molar-refractivity contribution is 9.09. The fourth-order valence-electron chi connectivity index (χ4n) is 2.63. The zero-order chi connectivity index (χ0) is 12.7. The third-order valence-electron chi connectivity index (χ3n) is 3.86. The predicted molar refractivity (Wildman–Crippen MR) is 80.6 cm³/mol. The summed E-state index contributed by atoms with van der Waals surface area (Å²) in [7, 11) is 0. The molecule has 92 valence electrons. The largest absolute Gasteiger partial charge is 0.0877 e. The minimum absolute atomic E-state index is 0.586. The Labute approximate surface area is 117 Å². The summed E-state index contributed by atoms with van der Waals surface area (Å²) in [6.45, 7) is 4.28. The Morgan fingerprint density at radius 1 is 0.667 bits per heavy atom. The highest BCUT2D eigenvalue weighted by atomic mass is 79.9. The van der Waals surface area contributed by atoms with Gasteiger partial charge in [-0.3, -0.25) is 0 Å². The van der Waals surface area contributed by atoms with E-state index in [0.717, 1.165) is 0 Å². The van der Waals surface area contributed by atoms with Crippen LogP contribution in [0.4, 0.5) is 0 Å². The average molecular weight is 301 g/mol. The van der Waals surface area contributed by atoms with E-state index in [1.807, 2.05) is 0 Å². The Bertz CT molecular complexity index is 487. The standard InChI is InChI=1S/C17H17Br/c1-11-3-7-13(8-4-11)15-16(17(15)18)14-9-5-12(2)6-10-14/h3-10,15-17H,1-2H3/t15-,16-/m1/s1. The molecule has 1 heteroatoms. The lowest BCUT2D eigenvalue weighted by atomic mass is 10.0. The molecular formula is C17H17Br. The van der Waals surface area contributed by atoms with E-state index in [4.69, 9.17) is 0 Å². The third-order valence-corrected chi connectivity index (χ3v) is 5.00. The van der Waals surface area contributed by atoms with Gasteiger partial charge in [-0.05, 0) is 25.0 Å². The van der Waals surface area contributed by atoms with E-state index >= 15 is 0 Å². The van der Waals surface area contributed by atoms with Crippen molar-refractivity contribution in [3.05, 3.63) is 70.8 Å². The molecule has 1 saturated carbocycles. The molecule has 1 fully saturated rings. The van der Waals surface area contributed by atoms with Crippen molar-refractivity contribution < 1.29 is 0 Å². The van der Waals surface area contributed by atoms with Crippen LogP contribution in [-0.2, 0) is 0 Å². The first-order valence-electron chi connectivity index (χ1n) is 6.44. The predicted octanol–water partition coefficient (Wildman–Crippen LogP) is 4.95. The van der Waals surface area contributed by atoms with E-state index in [1.54, 1.807) is 0 Å². The Morgan fingerprint density at radius 2 is 1.00 bits per heavy atom. The summed E-state index contributed by atoms with van der Waals surface area (Å²) in [5.41, 5.74) is 5.57. The number of rotatable bonds is 2. The molecule has 0 nitrogen and oxygen atoms in total. The molecule has 2 aromatic rings. The molecule has 0 aliphatic heterocycles. The quantitative estimate of drug-likeness (QED) is 0.689. The highest BCUT2D eigenvalue weighted by Gasteiger charge is 2.49. The summed E-state index contributed by atoms with van der Waals surface area (Å²) < 4.78 is 0. The minimum Gasteiger partial charge on any atom is -0.0877 e. The Morgan fingerprint density at radius 3 is 1.33 bits per heavy atom. The van der Waals surface area contributed by atoms with Gasteiger partial charge in [0.2, 0.25) is 0 Å². The first kappa shape index (κ1) is 12.0. The van der Waals surface area contributed by atoms with Gasteiger partial charge >= 0.3 is 0 Å². The number of halogens is 1. The monoisotopic (exact) mass is 300 g/mol. The van der Waals surface area contributed by atoms with Gasteiger partial charge in [-0.15, -0.1) is 0 Å². The number of alkyl halides is 1. The van der Waals surface area contributed by atoms with Crippen LogP contribution in [0.15, 0.2) is 48.5 Å². The first-order chi connectivity index (χ1) is 8.66. The fraction of sp³-hybridized carbons (Fsp3) is 0.294. The molecule has 18 heavy (non-hydrogen) atoms. The van der Waals surface area contributed by atoms with E-state index in [-0.39, 0.29) is 0 Å². The molecule has 1 aliphatic rings. The molecule has 1 aliphatic carbocycles. The molecule has 0 spiro atoms. The van der Waals surface area contributed by atoms with Crippen LogP contribution in [0.3, 0.4) is 0 Å². The molecule has 2 atom stereocenters. The smallest absolute Gasteiger partial charge is 0.0295 e. The molecular weight excluding hydrogens is 284 g/mol. The summed E-state index contributed by atoms with van der Waals surface area (Å²) in [4.78, 5) is 0.586. The Kier molecular flexibility index (Phi) is 3.03. The fourth-order valence-corrected chi connectivity index (χ4v) is 3.73. The normalized spacial score (nSPS) is 26.1. The molecule has 0 saturated heterocycles. The topological polar surface area (TPSA) is 0 Å². The SMILES string of the molecule is Cc1ccc([C@H]2C(Br)[C@@H]2c2ccc(C)cc2)cc1. The van der Waals surface area contributed by atoms with Gasteiger partial charge in [0.05, 0.1) is 0 Å². The summed E-state index contributed by atoms with van der Waals surface area (Å²) in [6.07, 6.45) is 0. The van der Waals surface area contributed by atoms with Crippen LogP contribution in [0, 0.1) is 13.8 Å². The van der Waals surface area contributed by atoms with E-state index in [0.29, 0.717) is 16.7 Å². The molecule has 2 aromatic carbocycles. The third kappa shape index (κ3) is 2.12. The molecule has 0 aromatic heterocycles. The number of hydrogen-bond acceptors (Lipinski definition) is 0. The van der Waals surface area contributed by atoms with Gasteiger partial charge in [-0.25, -0.2) is 0 Å².